The first-order valence-electron chi connectivity index (χ1n) is 10.1. The van der Waals surface area contributed by atoms with Crippen molar-refractivity contribution in [2.24, 2.45) is 11.1 Å². The fraction of sp³-hybridized carbons (Fsp3) is 0.348. The third-order valence-corrected chi connectivity index (χ3v) is 4.90. The highest BCUT2D eigenvalue weighted by Gasteiger charge is 2.25. The molecule has 0 radical (unpaired) electrons. The van der Waals surface area contributed by atoms with Crippen molar-refractivity contribution in [2.75, 3.05) is 31.3 Å². The van der Waals surface area contributed by atoms with E-state index in [4.69, 9.17) is 14.3 Å². The number of hydrogen-bond donors (Lipinski definition) is 1. The van der Waals surface area contributed by atoms with E-state index in [0.717, 1.165) is 11.3 Å². The molecule has 1 aliphatic heterocycles. The van der Waals surface area contributed by atoms with Crippen molar-refractivity contribution in [3.8, 4) is 11.5 Å². The van der Waals surface area contributed by atoms with Gasteiger partial charge in [-0.25, -0.2) is 0 Å². The first kappa shape index (κ1) is 22.1. The summed E-state index contributed by atoms with van der Waals surface area (Å²) in [6.07, 6.45) is 0.303. The first-order chi connectivity index (χ1) is 15.0. The molecule has 1 amide bonds. The smallest absolute Gasteiger partial charge is 0.312 e. The molecule has 0 fully saturated rings. The molecule has 3 rings (SSSR count). The second kappa shape index (κ2) is 10.5. The van der Waals surface area contributed by atoms with E-state index < -0.39 is 11.9 Å². The molecule has 8 heteroatoms. The molecule has 0 saturated carbocycles. The van der Waals surface area contributed by atoms with Crippen molar-refractivity contribution in [3.63, 3.8) is 0 Å². The summed E-state index contributed by atoms with van der Waals surface area (Å²) in [6.45, 7) is 4.56. The molecule has 31 heavy (non-hydrogen) atoms. The summed E-state index contributed by atoms with van der Waals surface area (Å²) in [5.41, 5.74) is 2.01. The number of rotatable bonds is 10. The standard InChI is InChI=1S/C23H26N2O6/c1-3-31-24-16(2)19(23(27)28)14-17-8-10-18(11-9-17)29-13-12-25-20-6-4-5-7-21(20)30-15-22(25)26/h4-11,19H,3,12-15H2,1-2H3,(H,27,28)/b24-16+. The molecule has 0 aromatic heterocycles. The summed E-state index contributed by atoms with van der Waals surface area (Å²) >= 11 is 0. The van der Waals surface area contributed by atoms with Crippen LogP contribution in [0.1, 0.15) is 19.4 Å². The lowest BCUT2D eigenvalue weighted by Gasteiger charge is -2.29. The van der Waals surface area contributed by atoms with Gasteiger partial charge in [-0.15, -0.1) is 0 Å². The number of carboxylic acids is 1. The van der Waals surface area contributed by atoms with Gasteiger partial charge < -0.3 is 24.3 Å². The van der Waals surface area contributed by atoms with E-state index in [1.165, 1.54) is 0 Å². The quantitative estimate of drug-likeness (QED) is 0.463. The zero-order valence-corrected chi connectivity index (χ0v) is 17.6. The predicted octanol–water partition coefficient (Wildman–Crippen LogP) is 3.15. The number of carbonyl (C=O) groups is 2. The molecule has 2 aromatic carbocycles. The Morgan fingerprint density at radius 2 is 1.97 bits per heavy atom. The number of amides is 1. The third-order valence-electron chi connectivity index (χ3n) is 4.90. The highest BCUT2D eigenvalue weighted by molar-refractivity contribution is 6.00. The fourth-order valence-corrected chi connectivity index (χ4v) is 3.26. The maximum atomic E-state index is 12.2. The molecule has 8 nitrogen and oxygen atoms in total. The molecule has 1 aliphatic rings. The van der Waals surface area contributed by atoms with Crippen LogP contribution in [0.2, 0.25) is 0 Å². The number of ether oxygens (including phenoxy) is 2. The summed E-state index contributed by atoms with van der Waals surface area (Å²) in [6, 6.07) is 14.6. The van der Waals surface area contributed by atoms with Crippen molar-refractivity contribution in [2.45, 2.75) is 20.3 Å². The number of anilines is 1. The zero-order valence-electron chi connectivity index (χ0n) is 17.6. The number of nitrogens with zero attached hydrogens (tertiary/aromatic N) is 2. The van der Waals surface area contributed by atoms with Crippen molar-refractivity contribution in [1.82, 2.24) is 0 Å². The molecule has 1 atom stereocenters. The van der Waals surface area contributed by atoms with E-state index >= 15 is 0 Å². The maximum absolute atomic E-state index is 12.2. The molecule has 1 heterocycles. The maximum Gasteiger partial charge on any atom is 0.312 e. The summed E-state index contributed by atoms with van der Waals surface area (Å²) in [5, 5.41) is 13.3. The normalized spacial score (nSPS) is 14.5. The number of carbonyl (C=O) groups excluding carboxylic acids is 1. The SMILES string of the molecule is CCO/N=C(\C)C(Cc1ccc(OCCN2C(=O)COc3ccccc32)cc1)C(=O)O. The van der Waals surface area contributed by atoms with E-state index in [1.807, 2.05) is 36.4 Å². The number of benzene rings is 2. The van der Waals surface area contributed by atoms with E-state index in [0.29, 0.717) is 43.4 Å². The number of aliphatic carboxylic acids is 1. The fourth-order valence-electron chi connectivity index (χ4n) is 3.26. The topological polar surface area (TPSA) is 97.7 Å². The molecule has 1 unspecified atom stereocenters. The van der Waals surface area contributed by atoms with Crippen LogP contribution in [0, 0.1) is 5.92 Å². The van der Waals surface area contributed by atoms with Gasteiger partial charge in [0.1, 0.15) is 30.6 Å². The number of fused-ring (bicyclic) bond motifs is 1. The van der Waals surface area contributed by atoms with E-state index in [9.17, 15) is 14.7 Å². The van der Waals surface area contributed by atoms with Crippen LogP contribution >= 0.6 is 0 Å². The van der Waals surface area contributed by atoms with Gasteiger partial charge in [0.15, 0.2) is 6.61 Å². The summed E-state index contributed by atoms with van der Waals surface area (Å²) in [7, 11) is 0. The third kappa shape index (κ3) is 5.75. The molecule has 0 spiro atoms. The molecule has 2 aromatic rings. The van der Waals surface area contributed by atoms with Crippen molar-refractivity contribution < 1.29 is 29.0 Å². The average Bonchev–Trinajstić information content (AvgIpc) is 2.78. The van der Waals surface area contributed by atoms with Crippen LogP contribution in [0.5, 0.6) is 11.5 Å². The second-order valence-corrected chi connectivity index (χ2v) is 7.04. The van der Waals surface area contributed by atoms with E-state index in [-0.39, 0.29) is 12.5 Å². The Labute approximate surface area is 181 Å². The molecule has 0 saturated heterocycles. The Hall–Kier alpha value is -3.55. The summed E-state index contributed by atoms with van der Waals surface area (Å²) < 4.78 is 11.2. The minimum Gasteiger partial charge on any atom is -0.492 e. The minimum absolute atomic E-state index is 0.0163. The van der Waals surface area contributed by atoms with Gasteiger partial charge in [0.05, 0.1) is 17.9 Å². The molecular formula is C23H26N2O6. The van der Waals surface area contributed by atoms with Crippen LogP contribution in [0.3, 0.4) is 0 Å². The highest BCUT2D eigenvalue weighted by Crippen LogP contribution is 2.31. The van der Waals surface area contributed by atoms with Gasteiger partial charge in [0.2, 0.25) is 0 Å². The highest BCUT2D eigenvalue weighted by atomic mass is 16.6. The Kier molecular flexibility index (Phi) is 7.48. The molecule has 0 bridgehead atoms. The Morgan fingerprint density at radius 1 is 1.23 bits per heavy atom. The lowest BCUT2D eigenvalue weighted by Crippen LogP contribution is -2.41. The Bertz CT molecular complexity index is 941. The van der Waals surface area contributed by atoms with Gasteiger partial charge in [0, 0.05) is 0 Å². The van der Waals surface area contributed by atoms with Crippen molar-refractivity contribution >= 4 is 23.3 Å². The zero-order chi connectivity index (χ0) is 22.2. The average molecular weight is 426 g/mol. The van der Waals surface area contributed by atoms with Crippen LogP contribution in [-0.4, -0.2) is 49.1 Å². The minimum atomic E-state index is -0.947. The van der Waals surface area contributed by atoms with Crippen LogP contribution in [0.15, 0.2) is 53.7 Å². The number of hydrogen-bond acceptors (Lipinski definition) is 6. The van der Waals surface area contributed by atoms with Gasteiger partial charge in [0.25, 0.3) is 5.91 Å². The number of carboxylic acid groups (broad SMARTS) is 1. The lowest BCUT2D eigenvalue weighted by molar-refractivity contribution is -0.139. The molecule has 164 valence electrons. The van der Waals surface area contributed by atoms with Gasteiger partial charge in [-0.3, -0.25) is 9.59 Å². The van der Waals surface area contributed by atoms with Gasteiger partial charge >= 0.3 is 5.97 Å². The summed E-state index contributed by atoms with van der Waals surface area (Å²) in [5.74, 6) is -0.490. The summed E-state index contributed by atoms with van der Waals surface area (Å²) in [4.78, 5) is 30.4. The van der Waals surface area contributed by atoms with Crippen LogP contribution in [0.4, 0.5) is 5.69 Å². The Morgan fingerprint density at radius 3 is 2.68 bits per heavy atom. The lowest BCUT2D eigenvalue weighted by atomic mass is 9.95. The molecule has 0 aliphatic carbocycles. The molecule has 1 N–H and O–H groups in total. The Balaban J connectivity index is 1.56. The largest absolute Gasteiger partial charge is 0.492 e. The molecular weight excluding hydrogens is 400 g/mol. The van der Waals surface area contributed by atoms with Gasteiger partial charge in [-0.05, 0) is 50.1 Å². The predicted molar refractivity (Wildman–Crippen MR) is 116 cm³/mol. The van der Waals surface area contributed by atoms with E-state index in [2.05, 4.69) is 5.16 Å². The van der Waals surface area contributed by atoms with Crippen molar-refractivity contribution in [1.29, 1.82) is 0 Å². The van der Waals surface area contributed by atoms with Crippen LogP contribution in [0.25, 0.3) is 0 Å². The van der Waals surface area contributed by atoms with Gasteiger partial charge in [-0.1, -0.05) is 29.4 Å². The number of para-hydroxylation sites is 2. The van der Waals surface area contributed by atoms with E-state index in [1.54, 1.807) is 30.9 Å². The monoisotopic (exact) mass is 426 g/mol. The number of oxime groups is 1. The second-order valence-electron chi connectivity index (χ2n) is 7.04. The van der Waals surface area contributed by atoms with Crippen molar-refractivity contribution in [3.05, 3.63) is 54.1 Å². The van der Waals surface area contributed by atoms with Gasteiger partial charge in [-0.2, -0.15) is 0 Å². The first-order valence-corrected chi connectivity index (χ1v) is 10.1. The van der Waals surface area contributed by atoms with Crippen LogP contribution in [-0.2, 0) is 20.8 Å². The van der Waals surface area contributed by atoms with Crippen LogP contribution < -0.4 is 14.4 Å².